The van der Waals surface area contributed by atoms with Gasteiger partial charge in [-0.25, -0.2) is 0 Å². The number of amides is 1. The zero-order valence-corrected chi connectivity index (χ0v) is 10.5. The Morgan fingerprint density at radius 3 is 2.81 bits per heavy atom. The third-order valence-electron chi connectivity index (χ3n) is 2.59. The van der Waals surface area contributed by atoms with Crippen LogP contribution in [0.4, 0.5) is 5.69 Å². The van der Waals surface area contributed by atoms with Crippen LogP contribution in [0.1, 0.15) is 6.42 Å². The van der Waals surface area contributed by atoms with Crippen LogP contribution < -0.4 is 4.90 Å². The zero-order chi connectivity index (χ0) is 11.7. The van der Waals surface area contributed by atoms with E-state index in [1.807, 2.05) is 24.3 Å². The molecule has 5 heteroatoms. The van der Waals surface area contributed by atoms with E-state index >= 15 is 0 Å². The molecule has 0 unspecified atom stereocenters. The molecule has 1 atom stereocenters. The number of hydrogen-bond acceptors (Lipinski definition) is 2. The highest BCUT2D eigenvalue weighted by atomic mass is 127. The molecule has 0 radical (unpaired) electrons. The third-order valence-corrected chi connectivity index (χ3v) is 3.27. The number of benzene rings is 1. The second-order valence-electron chi connectivity index (χ2n) is 3.72. The summed E-state index contributed by atoms with van der Waals surface area (Å²) in [5.41, 5.74) is 0.778. The molecule has 0 aromatic heterocycles. The summed E-state index contributed by atoms with van der Waals surface area (Å²) < 4.78 is 1.03. The SMILES string of the molecule is O=C(O)[C@H]1CC(=O)N(c2cccc(I)c2)C1. The molecule has 1 heterocycles. The average molecular weight is 331 g/mol. The number of aliphatic carboxylic acids is 1. The number of carboxylic acids is 1. The number of carbonyl (C=O) groups excluding carboxylic acids is 1. The van der Waals surface area contributed by atoms with Gasteiger partial charge in [0.1, 0.15) is 0 Å². The number of carbonyl (C=O) groups is 2. The maximum absolute atomic E-state index is 11.7. The Morgan fingerprint density at radius 2 is 2.25 bits per heavy atom. The molecular formula is C11H10INO3. The number of carboxylic acid groups (broad SMARTS) is 1. The van der Waals surface area contributed by atoms with Gasteiger partial charge in [0.2, 0.25) is 5.91 Å². The number of nitrogens with zero attached hydrogens (tertiary/aromatic N) is 1. The maximum Gasteiger partial charge on any atom is 0.308 e. The lowest BCUT2D eigenvalue weighted by atomic mass is 10.1. The van der Waals surface area contributed by atoms with Crippen LogP contribution in [0.2, 0.25) is 0 Å². The van der Waals surface area contributed by atoms with Gasteiger partial charge in [-0.05, 0) is 40.8 Å². The molecule has 2 rings (SSSR count). The predicted molar refractivity (Wildman–Crippen MR) is 67.3 cm³/mol. The highest BCUT2D eigenvalue weighted by Crippen LogP contribution is 2.26. The normalized spacial score (nSPS) is 20.2. The van der Waals surface area contributed by atoms with Crippen LogP contribution in [0.5, 0.6) is 0 Å². The molecule has 0 aliphatic carbocycles. The number of anilines is 1. The first-order chi connectivity index (χ1) is 7.58. The molecule has 1 N–H and O–H groups in total. The van der Waals surface area contributed by atoms with E-state index in [2.05, 4.69) is 22.6 Å². The number of rotatable bonds is 2. The van der Waals surface area contributed by atoms with Gasteiger partial charge in [-0.2, -0.15) is 0 Å². The largest absolute Gasteiger partial charge is 0.481 e. The van der Waals surface area contributed by atoms with Gasteiger partial charge in [0.15, 0.2) is 0 Å². The van der Waals surface area contributed by atoms with Crippen molar-refractivity contribution < 1.29 is 14.7 Å². The van der Waals surface area contributed by atoms with Crippen molar-refractivity contribution in [2.75, 3.05) is 11.4 Å². The highest BCUT2D eigenvalue weighted by Gasteiger charge is 2.34. The molecule has 1 amide bonds. The van der Waals surface area contributed by atoms with Crippen molar-refractivity contribution in [3.63, 3.8) is 0 Å². The molecule has 84 valence electrons. The Labute approximate surface area is 106 Å². The van der Waals surface area contributed by atoms with E-state index in [1.165, 1.54) is 0 Å². The minimum atomic E-state index is -0.901. The fourth-order valence-corrected chi connectivity index (χ4v) is 2.29. The molecule has 1 saturated heterocycles. The summed E-state index contributed by atoms with van der Waals surface area (Å²) in [5, 5.41) is 8.87. The molecular weight excluding hydrogens is 321 g/mol. The van der Waals surface area contributed by atoms with Crippen molar-refractivity contribution in [2.24, 2.45) is 5.92 Å². The summed E-state index contributed by atoms with van der Waals surface area (Å²) in [7, 11) is 0. The van der Waals surface area contributed by atoms with E-state index in [9.17, 15) is 9.59 Å². The summed E-state index contributed by atoms with van der Waals surface area (Å²) in [6.45, 7) is 0.272. The average Bonchev–Trinajstić information content (AvgIpc) is 2.60. The van der Waals surface area contributed by atoms with Crippen LogP contribution in [0.3, 0.4) is 0 Å². The van der Waals surface area contributed by atoms with Crippen LogP contribution in [-0.2, 0) is 9.59 Å². The molecule has 1 aromatic rings. The van der Waals surface area contributed by atoms with Gasteiger partial charge in [-0.1, -0.05) is 6.07 Å². The quantitative estimate of drug-likeness (QED) is 0.840. The lowest BCUT2D eigenvalue weighted by molar-refractivity contribution is -0.141. The van der Waals surface area contributed by atoms with Crippen molar-refractivity contribution in [1.29, 1.82) is 0 Å². The first-order valence-electron chi connectivity index (χ1n) is 4.86. The predicted octanol–water partition coefficient (Wildman–Crippen LogP) is 1.73. The summed E-state index contributed by atoms with van der Waals surface area (Å²) in [5.74, 6) is -1.60. The molecule has 1 aliphatic rings. The molecule has 0 spiro atoms. The molecule has 1 aliphatic heterocycles. The fourth-order valence-electron chi connectivity index (χ4n) is 1.77. The first-order valence-corrected chi connectivity index (χ1v) is 5.94. The standard InChI is InChI=1S/C11H10INO3/c12-8-2-1-3-9(5-8)13-6-7(11(15)16)4-10(13)14/h1-3,5,7H,4,6H2,(H,15,16)/t7-/m0/s1. The van der Waals surface area contributed by atoms with E-state index in [0.717, 1.165) is 9.26 Å². The van der Waals surface area contributed by atoms with Gasteiger partial charge in [-0.15, -0.1) is 0 Å². The second-order valence-corrected chi connectivity index (χ2v) is 4.97. The van der Waals surface area contributed by atoms with Crippen molar-refractivity contribution in [1.82, 2.24) is 0 Å². The van der Waals surface area contributed by atoms with Crippen LogP contribution in [0.15, 0.2) is 24.3 Å². The van der Waals surface area contributed by atoms with Crippen molar-refractivity contribution in [3.05, 3.63) is 27.8 Å². The second kappa shape index (κ2) is 4.40. The summed E-state index contributed by atoms with van der Waals surface area (Å²) in [6.07, 6.45) is 0.0980. The Hall–Kier alpha value is -1.11. The van der Waals surface area contributed by atoms with Crippen LogP contribution in [-0.4, -0.2) is 23.5 Å². The molecule has 1 aromatic carbocycles. The Bertz CT molecular complexity index is 447. The van der Waals surface area contributed by atoms with Crippen molar-refractivity contribution in [3.8, 4) is 0 Å². The Balaban J connectivity index is 2.23. The minimum absolute atomic E-state index is 0.0980. The maximum atomic E-state index is 11.7. The van der Waals surface area contributed by atoms with E-state index in [0.29, 0.717) is 0 Å². The zero-order valence-electron chi connectivity index (χ0n) is 8.39. The lowest BCUT2D eigenvalue weighted by Gasteiger charge is -2.16. The topological polar surface area (TPSA) is 57.6 Å². The van der Waals surface area contributed by atoms with Gasteiger partial charge >= 0.3 is 5.97 Å². The molecule has 1 fully saturated rings. The molecule has 0 saturated carbocycles. The summed E-state index contributed by atoms with van der Waals surface area (Å²) >= 11 is 2.16. The number of halogens is 1. The molecule has 16 heavy (non-hydrogen) atoms. The van der Waals surface area contributed by atoms with Gasteiger partial charge in [0.25, 0.3) is 0 Å². The molecule has 0 bridgehead atoms. The van der Waals surface area contributed by atoms with Crippen LogP contribution >= 0.6 is 22.6 Å². The van der Waals surface area contributed by atoms with E-state index < -0.39 is 11.9 Å². The Kier molecular flexibility index (Phi) is 3.13. The van der Waals surface area contributed by atoms with Gasteiger partial charge in [0.05, 0.1) is 5.92 Å². The van der Waals surface area contributed by atoms with Gasteiger partial charge in [-0.3, -0.25) is 9.59 Å². The first kappa shape index (κ1) is 11.4. The van der Waals surface area contributed by atoms with Crippen LogP contribution in [0.25, 0.3) is 0 Å². The highest BCUT2D eigenvalue weighted by molar-refractivity contribution is 14.1. The van der Waals surface area contributed by atoms with Crippen molar-refractivity contribution in [2.45, 2.75) is 6.42 Å². The van der Waals surface area contributed by atoms with Gasteiger partial charge in [0, 0.05) is 22.2 Å². The van der Waals surface area contributed by atoms with E-state index in [4.69, 9.17) is 5.11 Å². The Morgan fingerprint density at radius 1 is 1.50 bits per heavy atom. The molecule has 4 nitrogen and oxygen atoms in total. The van der Waals surface area contributed by atoms with Crippen molar-refractivity contribution >= 4 is 40.2 Å². The third kappa shape index (κ3) is 2.18. The number of hydrogen-bond donors (Lipinski definition) is 1. The summed E-state index contributed by atoms with van der Waals surface area (Å²) in [4.78, 5) is 24.0. The fraction of sp³-hybridized carbons (Fsp3) is 0.273. The summed E-state index contributed by atoms with van der Waals surface area (Å²) in [6, 6.07) is 7.49. The van der Waals surface area contributed by atoms with Crippen LogP contribution in [0, 0.1) is 9.49 Å². The monoisotopic (exact) mass is 331 g/mol. The van der Waals surface area contributed by atoms with Gasteiger partial charge < -0.3 is 10.0 Å². The smallest absolute Gasteiger partial charge is 0.308 e. The van der Waals surface area contributed by atoms with E-state index in [1.54, 1.807) is 4.90 Å². The minimum Gasteiger partial charge on any atom is -0.481 e. The van der Waals surface area contributed by atoms with E-state index in [-0.39, 0.29) is 18.9 Å². The lowest BCUT2D eigenvalue weighted by Crippen LogP contribution is -2.25.